The molecule has 24 heavy (non-hydrogen) atoms. The molecule has 0 unspecified atom stereocenters. The van der Waals surface area contributed by atoms with Gasteiger partial charge >= 0.3 is 0 Å². The Morgan fingerprint density at radius 2 is 1.88 bits per heavy atom. The van der Waals surface area contributed by atoms with Crippen molar-refractivity contribution in [1.29, 1.82) is 0 Å². The van der Waals surface area contributed by atoms with Gasteiger partial charge in [-0.2, -0.15) is 0 Å². The molecule has 0 aliphatic rings. The molecule has 0 atom stereocenters. The number of carbonyl (C=O) groups is 1. The van der Waals surface area contributed by atoms with E-state index in [1.54, 1.807) is 30.3 Å². The lowest BCUT2D eigenvalue weighted by Gasteiger charge is -2.08. The summed E-state index contributed by atoms with van der Waals surface area (Å²) in [5.74, 6) is 0.222. The largest absolute Gasteiger partial charge is 0.480 e. The summed E-state index contributed by atoms with van der Waals surface area (Å²) < 4.78 is 5.00. The molecule has 6 heteroatoms. The number of benzene rings is 2. The second-order valence-corrected chi connectivity index (χ2v) is 5.44. The van der Waals surface area contributed by atoms with E-state index in [1.165, 1.54) is 7.11 Å². The third-order valence-corrected chi connectivity index (χ3v) is 3.59. The monoisotopic (exact) mass is 339 g/mol. The van der Waals surface area contributed by atoms with Gasteiger partial charge in [-0.15, -0.1) is 10.2 Å². The van der Waals surface area contributed by atoms with Gasteiger partial charge in [-0.3, -0.25) is 4.79 Å². The van der Waals surface area contributed by atoms with Crippen molar-refractivity contribution in [2.45, 2.75) is 0 Å². The maximum atomic E-state index is 12.3. The second kappa shape index (κ2) is 7.10. The van der Waals surface area contributed by atoms with Crippen LogP contribution in [0.4, 0.5) is 5.69 Å². The summed E-state index contributed by atoms with van der Waals surface area (Å²) >= 11 is 5.92. The molecular weight excluding hydrogens is 326 g/mol. The number of halogens is 1. The molecule has 1 heterocycles. The number of ether oxygens (including phenoxy) is 1. The zero-order valence-electron chi connectivity index (χ0n) is 12.9. The van der Waals surface area contributed by atoms with Gasteiger partial charge in [0.2, 0.25) is 5.88 Å². The highest BCUT2D eigenvalue weighted by Gasteiger charge is 2.08. The van der Waals surface area contributed by atoms with Crippen molar-refractivity contribution in [3.8, 4) is 17.1 Å². The van der Waals surface area contributed by atoms with Crippen LogP contribution in [0.2, 0.25) is 5.02 Å². The van der Waals surface area contributed by atoms with Gasteiger partial charge in [-0.25, -0.2) is 0 Å². The molecule has 0 saturated heterocycles. The molecule has 1 aromatic heterocycles. The average molecular weight is 340 g/mol. The van der Waals surface area contributed by atoms with Crippen molar-refractivity contribution in [3.63, 3.8) is 0 Å². The van der Waals surface area contributed by atoms with Gasteiger partial charge in [0, 0.05) is 27.9 Å². The SMILES string of the molecule is COc1ccc(-c2cccc(NC(=O)c3cccc(Cl)c3)c2)nn1. The fraction of sp³-hybridized carbons (Fsp3) is 0.0556. The first-order valence-electron chi connectivity index (χ1n) is 7.21. The highest BCUT2D eigenvalue weighted by atomic mass is 35.5. The standard InChI is InChI=1S/C18H14ClN3O2/c1-24-17-9-8-16(21-22-17)12-4-3-7-15(11-12)20-18(23)13-5-2-6-14(19)10-13/h2-11H,1H3,(H,20,23). The van der Waals surface area contributed by atoms with Crippen LogP contribution in [0.5, 0.6) is 5.88 Å². The van der Waals surface area contributed by atoms with E-state index < -0.39 is 0 Å². The molecule has 0 saturated carbocycles. The fourth-order valence-corrected chi connectivity index (χ4v) is 2.36. The maximum absolute atomic E-state index is 12.3. The van der Waals surface area contributed by atoms with E-state index in [9.17, 15) is 4.79 Å². The molecule has 1 amide bonds. The Morgan fingerprint density at radius 3 is 2.58 bits per heavy atom. The summed E-state index contributed by atoms with van der Waals surface area (Å²) in [5, 5.41) is 11.4. The van der Waals surface area contributed by atoms with Gasteiger partial charge in [-0.1, -0.05) is 29.8 Å². The van der Waals surface area contributed by atoms with Crippen molar-refractivity contribution in [1.82, 2.24) is 10.2 Å². The Hall–Kier alpha value is -2.92. The van der Waals surface area contributed by atoms with Gasteiger partial charge in [0.05, 0.1) is 12.8 Å². The number of methoxy groups -OCH3 is 1. The van der Waals surface area contributed by atoms with Crippen LogP contribution in [0.15, 0.2) is 60.7 Å². The molecule has 2 aromatic carbocycles. The maximum Gasteiger partial charge on any atom is 0.255 e. The molecule has 0 aliphatic heterocycles. The number of hydrogen-bond acceptors (Lipinski definition) is 4. The molecule has 120 valence electrons. The van der Waals surface area contributed by atoms with Crippen LogP contribution in [0.25, 0.3) is 11.3 Å². The number of anilines is 1. The van der Waals surface area contributed by atoms with E-state index in [-0.39, 0.29) is 5.91 Å². The van der Waals surface area contributed by atoms with Gasteiger partial charge in [0.25, 0.3) is 5.91 Å². The predicted octanol–water partition coefficient (Wildman–Crippen LogP) is 4.06. The Kier molecular flexibility index (Phi) is 4.72. The zero-order chi connectivity index (χ0) is 16.9. The number of carbonyl (C=O) groups excluding carboxylic acids is 1. The lowest BCUT2D eigenvalue weighted by molar-refractivity contribution is 0.102. The van der Waals surface area contributed by atoms with Crippen molar-refractivity contribution < 1.29 is 9.53 Å². The summed E-state index contributed by atoms with van der Waals surface area (Å²) in [5.41, 5.74) is 2.69. The minimum Gasteiger partial charge on any atom is -0.480 e. The fourth-order valence-electron chi connectivity index (χ4n) is 2.17. The van der Waals surface area contributed by atoms with Crippen LogP contribution in [0.1, 0.15) is 10.4 Å². The first kappa shape index (κ1) is 16.0. The van der Waals surface area contributed by atoms with E-state index in [1.807, 2.05) is 30.3 Å². The summed E-state index contributed by atoms with van der Waals surface area (Å²) in [6, 6.07) is 17.7. The molecule has 0 fully saturated rings. The summed E-state index contributed by atoms with van der Waals surface area (Å²) in [7, 11) is 1.54. The summed E-state index contributed by atoms with van der Waals surface area (Å²) in [6.45, 7) is 0. The zero-order valence-corrected chi connectivity index (χ0v) is 13.6. The molecule has 0 aliphatic carbocycles. The van der Waals surface area contributed by atoms with Gasteiger partial charge < -0.3 is 10.1 Å². The quantitative estimate of drug-likeness (QED) is 0.778. The van der Waals surface area contributed by atoms with Crippen LogP contribution in [0, 0.1) is 0 Å². The summed E-state index contributed by atoms with van der Waals surface area (Å²) in [4.78, 5) is 12.3. The minimum absolute atomic E-state index is 0.226. The summed E-state index contributed by atoms with van der Waals surface area (Å²) in [6.07, 6.45) is 0. The number of rotatable bonds is 4. The second-order valence-electron chi connectivity index (χ2n) is 5.01. The first-order valence-corrected chi connectivity index (χ1v) is 7.58. The van der Waals surface area contributed by atoms with Crippen molar-refractivity contribution in [3.05, 3.63) is 71.2 Å². The lowest BCUT2D eigenvalue weighted by atomic mass is 10.1. The van der Waals surface area contributed by atoms with Crippen molar-refractivity contribution in [2.24, 2.45) is 0 Å². The lowest BCUT2D eigenvalue weighted by Crippen LogP contribution is -2.11. The smallest absolute Gasteiger partial charge is 0.255 e. The van der Waals surface area contributed by atoms with Crippen LogP contribution in [-0.2, 0) is 0 Å². The Morgan fingerprint density at radius 1 is 1.04 bits per heavy atom. The van der Waals surface area contributed by atoms with E-state index in [2.05, 4.69) is 15.5 Å². The highest BCUT2D eigenvalue weighted by molar-refractivity contribution is 6.31. The van der Waals surface area contributed by atoms with E-state index in [0.717, 1.165) is 5.56 Å². The molecule has 3 aromatic rings. The first-order chi connectivity index (χ1) is 11.7. The highest BCUT2D eigenvalue weighted by Crippen LogP contribution is 2.22. The topological polar surface area (TPSA) is 64.1 Å². The molecule has 1 N–H and O–H groups in total. The number of aromatic nitrogens is 2. The van der Waals surface area contributed by atoms with E-state index in [0.29, 0.717) is 27.8 Å². The predicted molar refractivity (Wildman–Crippen MR) is 93.4 cm³/mol. The third-order valence-electron chi connectivity index (χ3n) is 3.35. The normalized spacial score (nSPS) is 10.2. The number of amides is 1. The Balaban J connectivity index is 1.81. The number of hydrogen-bond donors (Lipinski definition) is 1. The number of nitrogens with one attached hydrogen (secondary N) is 1. The number of nitrogens with zero attached hydrogens (tertiary/aromatic N) is 2. The molecule has 0 bridgehead atoms. The van der Waals surface area contributed by atoms with Crippen LogP contribution < -0.4 is 10.1 Å². The Bertz CT molecular complexity index is 866. The minimum atomic E-state index is -0.226. The van der Waals surface area contributed by atoms with Crippen LogP contribution in [0.3, 0.4) is 0 Å². The van der Waals surface area contributed by atoms with E-state index >= 15 is 0 Å². The molecule has 5 nitrogen and oxygen atoms in total. The van der Waals surface area contributed by atoms with Gasteiger partial charge in [0.15, 0.2) is 0 Å². The van der Waals surface area contributed by atoms with E-state index in [4.69, 9.17) is 16.3 Å². The van der Waals surface area contributed by atoms with Crippen molar-refractivity contribution >= 4 is 23.2 Å². The van der Waals surface area contributed by atoms with Crippen LogP contribution >= 0.6 is 11.6 Å². The van der Waals surface area contributed by atoms with Crippen molar-refractivity contribution in [2.75, 3.05) is 12.4 Å². The van der Waals surface area contributed by atoms with Gasteiger partial charge in [0.1, 0.15) is 0 Å². The molecule has 0 radical (unpaired) electrons. The Labute approximate surface area is 144 Å². The van der Waals surface area contributed by atoms with Crippen LogP contribution in [-0.4, -0.2) is 23.2 Å². The van der Waals surface area contributed by atoms with Gasteiger partial charge in [-0.05, 0) is 36.4 Å². The molecule has 3 rings (SSSR count). The average Bonchev–Trinajstić information content (AvgIpc) is 2.62. The third kappa shape index (κ3) is 3.70. The molecular formula is C18H14ClN3O2. The molecule has 0 spiro atoms.